The molecule has 0 unspecified atom stereocenters. The standard InChI is InChI=1S/C19H12F2N4O/c20-16-5-1-2-6-18(16)25-9-3-4-14(25)12-23-24-19(26)15-8-7-13(11-22)10-17(15)21/h1-10,12H,(H,24,26)/b23-12-. The number of benzene rings is 2. The second-order valence-electron chi connectivity index (χ2n) is 5.26. The van der Waals surface area contributed by atoms with E-state index in [1.165, 1.54) is 24.4 Å². The predicted molar refractivity (Wildman–Crippen MR) is 91.9 cm³/mol. The lowest BCUT2D eigenvalue weighted by Crippen LogP contribution is -2.19. The molecule has 0 aliphatic carbocycles. The van der Waals surface area contributed by atoms with Gasteiger partial charge >= 0.3 is 0 Å². The Hall–Kier alpha value is -3.79. The molecule has 2 aromatic carbocycles. The van der Waals surface area contributed by atoms with E-state index in [0.29, 0.717) is 11.4 Å². The Morgan fingerprint density at radius 2 is 1.92 bits per heavy atom. The van der Waals surface area contributed by atoms with Crippen molar-refractivity contribution in [3.63, 3.8) is 0 Å². The van der Waals surface area contributed by atoms with Gasteiger partial charge in [-0.25, -0.2) is 14.2 Å². The van der Waals surface area contributed by atoms with Crippen LogP contribution in [0.3, 0.4) is 0 Å². The monoisotopic (exact) mass is 350 g/mol. The van der Waals surface area contributed by atoms with E-state index in [2.05, 4.69) is 10.5 Å². The maximum atomic E-state index is 13.9. The van der Waals surface area contributed by atoms with Crippen LogP contribution in [0, 0.1) is 23.0 Å². The Balaban J connectivity index is 1.76. The largest absolute Gasteiger partial charge is 0.313 e. The first-order chi connectivity index (χ1) is 12.6. The van der Waals surface area contributed by atoms with Gasteiger partial charge in [0.05, 0.1) is 34.8 Å². The lowest BCUT2D eigenvalue weighted by atomic mass is 10.1. The van der Waals surface area contributed by atoms with Gasteiger partial charge in [0.15, 0.2) is 0 Å². The van der Waals surface area contributed by atoms with Crippen LogP contribution in [-0.2, 0) is 0 Å². The number of nitriles is 1. The van der Waals surface area contributed by atoms with Crippen LogP contribution in [0.2, 0.25) is 0 Å². The number of amides is 1. The zero-order valence-electron chi connectivity index (χ0n) is 13.4. The van der Waals surface area contributed by atoms with Crippen molar-refractivity contribution >= 4 is 12.1 Å². The first-order valence-electron chi connectivity index (χ1n) is 7.55. The van der Waals surface area contributed by atoms with E-state index in [1.807, 2.05) is 0 Å². The number of halogens is 2. The molecule has 0 fully saturated rings. The molecule has 0 atom stereocenters. The molecule has 3 rings (SSSR count). The van der Waals surface area contributed by atoms with E-state index in [-0.39, 0.29) is 11.1 Å². The molecule has 3 aromatic rings. The molecule has 0 aliphatic rings. The maximum Gasteiger partial charge on any atom is 0.274 e. The second-order valence-corrected chi connectivity index (χ2v) is 5.26. The van der Waals surface area contributed by atoms with Gasteiger partial charge < -0.3 is 4.57 Å². The van der Waals surface area contributed by atoms with Crippen molar-refractivity contribution in [2.45, 2.75) is 0 Å². The number of rotatable bonds is 4. The summed E-state index contributed by atoms with van der Waals surface area (Å²) in [4.78, 5) is 12.0. The fourth-order valence-electron chi connectivity index (χ4n) is 2.35. The highest BCUT2D eigenvalue weighted by Crippen LogP contribution is 2.15. The number of carbonyl (C=O) groups is 1. The minimum atomic E-state index is -0.813. The van der Waals surface area contributed by atoms with Crippen molar-refractivity contribution in [1.82, 2.24) is 9.99 Å². The van der Waals surface area contributed by atoms with E-state index >= 15 is 0 Å². The number of carbonyl (C=O) groups excluding carboxylic acids is 1. The number of nitrogens with zero attached hydrogens (tertiary/aromatic N) is 3. The van der Waals surface area contributed by atoms with Gasteiger partial charge in [-0.05, 0) is 42.5 Å². The van der Waals surface area contributed by atoms with Crippen LogP contribution in [0.5, 0.6) is 0 Å². The summed E-state index contributed by atoms with van der Waals surface area (Å²) in [5, 5.41) is 12.5. The van der Waals surface area contributed by atoms with Crippen molar-refractivity contribution in [3.8, 4) is 11.8 Å². The molecule has 128 valence electrons. The molecule has 0 saturated carbocycles. The average molecular weight is 350 g/mol. The van der Waals surface area contributed by atoms with Crippen molar-refractivity contribution in [1.29, 1.82) is 5.26 Å². The average Bonchev–Trinajstić information content (AvgIpc) is 3.10. The van der Waals surface area contributed by atoms with Gasteiger partial charge in [-0.15, -0.1) is 0 Å². The molecule has 0 spiro atoms. The van der Waals surface area contributed by atoms with E-state index < -0.39 is 17.5 Å². The third-order valence-electron chi connectivity index (χ3n) is 3.60. The Bertz CT molecular complexity index is 1030. The van der Waals surface area contributed by atoms with Gasteiger partial charge in [0.25, 0.3) is 5.91 Å². The van der Waals surface area contributed by atoms with Crippen LogP contribution >= 0.6 is 0 Å². The van der Waals surface area contributed by atoms with E-state index in [4.69, 9.17) is 5.26 Å². The van der Waals surface area contributed by atoms with E-state index in [9.17, 15) is 13.6 Å². The summed E-state index contributed by atoms with van der Waals surface area (Å²) < 4.78 is 29.3. The zero-order valence-corrected chi connectivity index (χ0v) is 13.4. The first kappa shape index (κ1) is 17.0. The van der Waals surface area contributed by atoms with Crippen molar-refractivity contribution in [2.24, 2.45) is 5.10 Å². The van der Waals surface area contributed by atoms with E-state index in [0.717, 1.165) is 6.07 Å². The Morgan fingerprint density at radius 3 is 2.65 bits per heavy atom. The smallest absolute Gasteiger partial charge is 0.274 e. The van der Waals surface area contributed by atoms with Crippen LogP contribution in [0.25, 0.3) is 5.69 Å². The van der Waals surface area contributed by atoms with Crippen LogP contribution < -0.4 is 5.43 Å². The lowest BCUT2D eigenvalue weighted by Gasteiger charge is -2.07. The summed E-state index contributed by atoms with van der Waals surface area (Å²) in [7, 11) is 0. The SMILES string of the molecule is N#Cc1ccc(C(=O)N/N=C\c2cccn2-c2ccccc2F)c(F)c1. The Morgan fingerprint density at radius 1 is 1.12 bits per heavy atom. The molecule has 0 radical (unpaired) electrons. The molecule has 1 aromatic heterocycles. The number of hydrazone groups is 1. The summed E-state index contributed by atoms with van der Waals surface area (Å²) in [6, 6.07) is 14.9. The van der Waals surface area contributed by atoms with Crippen LogP contribution in [0.15, 0.2) is 65.9 Å². The van der Waals surface area contributed by atoms with Gasteiger partial charge in [-0.2, -0.15) is 10.4 Å². The number of hydrogen-bond donors (Lipinski definition) is 1. The second kappa shape index (κ2) is 7.40. The van der Waals surface area contributed by atoms with Crippen molar-refractivity contribution in [3.05, 3.63) is 89.2 Å². The van der Waals surface area contributed by atoms with Gasteiger partial charge in [-0.1, -0.05) is 12.1 Å². The molecular weight excluding hydrogens is 338 g/mol. The third-order valence-corrected chi connectivity index (χ3v) is 3.60. The number of hydrogen-bond acceptors (Lipinski definition) is 3. The molecule has 26 heavy (non-hydrogen) atoms. The number of para-hydroxylation sites is 1. The highest BCUT2D eigenvalue weighted by molar-refractivity contribution is 5.95. The Kier molecular flexibility index (Phi) is 4.85. The lowest BCUT2D eigenvalue weighted by molar-refractivity contribution is 0.0951. The molecule has 1 heterocycles. The highest BCUT2D eigenvalue weighted by atomic mass is 19.1. The normalized spacial score (nSPS) is 10.7. The highest BCUT2D eigenvalue weighted by Gasteiger charge is 2.12. The molecule has 0 bridgehead atoms. The maximum absolute atomic E-state index is 13.9. The summed E-state index contributed by atoms with van der Waals surface area (Å²) in [6.45, 7) is 0. The first-order valence-corrected chi connectivity index (χ1v) is 7.55. The van der Waals surface area contributed by atoms with E-state index in [1.54, 1.807) is 47.2 Å². The molecule has 0 saturated heterocycles. The Labute approximate surface area is 147 Å². The summed E-state index contributed by atoms with van der Waals surface area (Å²) in [6.07, 6.45) is 2.98. The fraction of sp³-hybridized carbons (Fsp3) is 0. The topological polar surface area (TPSA) is 70.2 Å². The number of aromatic nitrogens is 1. The van der Waals surface area contributed by atoms with Gasteiger partial charge in [0.2, 0.25) is 0 Å². The minimum absolute atomic E-state index is 0.116. The fourth-order valence-corrected chi connectivity index (χ4v) is 2.35. The summed E-state index contributed by atoms with van der Waals surface area (Å²) >= 11 is 0. The zero-order chi connectivity index (χ0) is 18.5. The molecule has 1 amide bonds. The minimum Gasteiger partial charge on any atom is -0.313 e. The van der Waals surface area contributed by atoms with Crippen LogP contribution in [-0.4, -0.2) is 16.7 Å². The quantitative estimate of drug-likeness (QED) is 0.579. The third kappa shape index (κ3) is 3.49. The van der Waals surface area contributed by atoms with Crippen LogP contribution in [0.4, 0.5) is 8.78 Å². The van der Waals surface area contributed by atoms with Crippen molar-refractivity contribution in [2.75, 3.05) is 0 Å². The molecule has 7 heteroatoms. The summed E-state index contributed by atoms with van der Waals surface area (Å²) in [5.41, 5.74) is 2.95. The molecule has 1 N–H and O–H groups in total. The molecule has 5 nitrogen and oxygen atoms in total. The van der Waals surface area contributed by atoms with Gasteiger partial charge in [0, 0.05) is 6.20 Å². The van der Waals surface area contributed by atoms with Gasteiger partial charge in [0.1, 0.15) is 11.6 Å². The summed E-state index contributed by atoms with van der Waals surface area (Å²) in [5.74, 6) is -1.97. The predicted octanol–water partition coefficient (Wildman–Crippen LogP) is 3.39. The van der Waals surface area contributed by atoms with Crippen molar-refractivity contribution < 1.29 is 13.6 Å². The number of nitrogens with one attached hydrogen (secondary N) is 1. The van der Waals surface area contributed by atoms with Crippen LogP contribution in [0.1, 0.15) is 21.6 Å². The molecular formula is C19H12F2N4O. The molecule has 0 aliphatic heterocycles. The van der Waals surface area contributed by atoms with Gasteiger partial charge in [-0.3, -0.25) is 4.79 Å².